The largest absolute Gasteiger partial charge is 0.494 e. The van der Waals surface area contributed by atoms with Crippen molar-refractivity contribution in [2.75, 3.05) is 7.11 Å². The fraction of sp³-hybridized carbons (Fsp3) is 0.125. The summed E-state index contributed by atoms with van der Waals surface area (Å²) in [6, 6.07) is 4.47. The van der Waals surface area contributed by atoms with Crippen molar-refractivity contribution >= 4 is 12.6 Å². The van der Waals surface area contributed by atoms with Gasteiger partial charge < -0.3 is 4.74 Å². The molecule has 0 heterocycles. The first-order valence-electron chi connectivity index (χ1n) is 3.15. The van der Waals surface area contributed by atoms with Crippen LogP contribution < -0.4 is 4.74 Å². The lowest BCUT2D eigenvalue weighted by molar-refractivity contribution is 0.384. The molecule has 0 aliphatic heterocycles. The molecule has 0 atom stereocenters. The van der Waals surface area contributed by atoms with Gasteiger partial charge >= 0.3 is 0 Å². The van der Waals surface area contributed by atoms with E-state index >= 15 is 0 Å². The van der Waals surface area contributed by atoms with Gasteiger partial charge in [-0.3, -0.25) is 0 Å². The summed E-state index contributed by atoms with van der Waals surface area (Å²) in [5, 5.41) is 8.48. The lowest BCUT2D eigenvalue weighted by Gasteiger charge is -2.03. The monoisotopic (exact) mass is 183 g/mol. The number of methoxy groups -OCH3 is 1. The number of halogens is 1. The molecular formula is C8H6FNOS. The highest BCUT2D eigenvalue weighted by atomic mass is 32.1. The van der Waals surface area contributed by atoms with Crippen molar-refractivity contribution in [2.45, 2.75) is 4.90 Å². The number of hydrogen-bond donors (Lipinski definition) is 1. The summed E-state index contributed by atoms with van der Waals surface area (Å²) >= 11 is 3.98. The van der Waals surface area contributed by atoms with E-state index in [0.29, 0.717) is 4.90 Å². The lowest BCUT2D eigenvalue weighted by atomic mass is 10.2. The van der Waals surface area contributed by atoms with Gasteiger partial charge in [0.05, 0.1) is 12.7 Å². The van der Waals surface area contributed by atoms with Crippen molar-refractivity contribution in [3.8, 4) is 11.8 Å². The average Bonchev–Trinajstić information content (AvgIpc) is 2.08. The molecule has 0 saturated heterocycles. The molecule has 0 aliphatic rings. The third kappa shape index (κ3) is 1.51. The number of thiol groups is 1. The van der Waals surface area contributed by atoms with Gasteiger partial charge in [-0.05, 0) is 12.1 Å². The number of nitrogens with zero attached hydrogens (tertiary/aromatic N) is 1. The van der Waals surface area contributed by atoms with Gasteiger partial charge in [-0.25, -0.2) is 4.39 Å². The first-order chi connectivity index (χ1) is 5.69. The summed E-state index contributed by atoms with van der Waals surface area (Å²) in [4.78, 5) is 0.504. The zero-order chi connectivity index (χ0) is 9.14. The molecule has 0 spiro atoms. The zero-order valence-electron chi connectivity index (χ0n) is 6.34. The summed E-state index contributed by atoms with van der Waals surface area (Å²) in [6.07, 6.45) is 0. The van der Waals surface area contributed by atoms with E-state index in [1.165, 1.54) is 19.2 Å². The fourth-order valence-corrected chi connectivity index (χ4v) is 1.06. The quantitative estimate of drug-likeness (QED) is 0.675. The average molecular weight is 183 g/mol. The molecule has 0 saturated carbocycles. The molecule has 0 radical (unpaired) electrons. The minimum Gasteiger partial charge on any atom is -0.494 e. The van der Waals surface area contributed by atoms with Crippen LogP contribution in [0.25, 0.3) is 0 Å². The number of rotatable bonds is 1. The molecule has 0 unspecified atom stereocenters. The molecule has 0 N–H and O–H groups in total. The summed E-state index contributed by atoms with van der Waals surface area (Å²) in [7, 11) is 1.34. The third-order valence-corrected chi connectivity index (χ3v) is 1.62. The van der Waals surface area contributed by atoms with Crippen LogP contribution in [-0.4, -0.2) is 7.11 Å². The van der Waals surface area contributed by atoms with E-state index < -0.39 is 5.82 Å². The van der Waals surface area contributed by atoms with Gasteiger partial charge in [0.15, 0.2) is 11.6 Å². The SMILES string of the molecule is COc1cc(S)cc(C#N)c1F. The Bertz CT molecular complexity index is 346. The Morgan fingerprint density at radius 2 is 2.25 bits per heavy atom. The van der Waals surface area contributed by atoms with Crippen molar-refractivity contribution < 1.29 is 9.13 Å². The molecule has 0 fully saturated rings. The number of benzene rings is 1. The van der Waals surface area contributed by atoms with Crippen LogP contribution in [0.2, 0.25) is 0 Å². The Morgan fingerprint density at radius 1 is 1.58 bits per heavy atom. The van der Waals surface area contributed by atoms with Crippen molar-refractivity contribution in [1.82, 2.24) is 0 Å². The maximum absolute atomic E-state index is 13.1. The molecular weight excluding hydrogens is 177 g/mol. The van der Waals surface area contributed by atoms with Gasteiger partial charge in [0.25, 0.3) is 0 Å². The van der Waals surface area contributed by atoms with E-state index in [-0.39, 0.29) is 11.3 Å². The topological polar surface area (TPSA) is 33.0 Å². The maximum atomic E-state index is 13.1. The normalized spacial score (nSPS) is 9.17. The molecule has 0 bridgehead atoms. The predicted octanol–water partition coefficient (Wildman–Crippen LogP) is 1.99. The number of nitriles is 1. The Morgan fingerprint density at radius 3 is 2.75 bits per heavy atom. The van der Waals surface area contributed by atoms with Crippen molar-refractivity contribution in [1.29, 1.82) is 5.26 Å². The maximum Gasteiger partial charge on any atom is 0.182 e. The van der Waals surface area contributed by atoms with Crippen molar-refractivity contribution in [3.63, 3.8) is 0 Å². The van der Waals surface area contributed by atoms with Crippen LogP contribution in [0.4, 0.5) is 4.39 Å². The molecule has 62 valence electrons. The van der Waals surface area contributed by atoms with E-state index in [1.807, 2.05) is 0 Å². The molecule has 4 heteroatoms. The smallest absolute Gasteiger partial charge is 0.182 e. The summed E-state index contributed by atoms with van der Waals surface area (Å²) in [5.41, 5.74) is -0.0562. The molecule has 0 amide bonds. The van der Waals surface area contributed by atoms with E-state index in [4.69, 9.17) is 10.00 Å². The van der Waals surface area contributed by atoms with Gasteiger partial charge in [-0.2, -0.15) is 5.26 Å². The standard InChI is InChI=1S/C8H6FNOS/c1-11-7-3-6(12)2-5(4-10)8(7)9/h2-3,12H,1H3. The van der Waals surface area contributed by atoms with Crippen LogP contribution in [0.3, 0.4) is 0 Å². The highest BCUT2D eigenvalue weighted by molar-refractivity contribution is 7.80. The lowest BCUT2D eigenvalue weighted by Crippen LogP contribution is -1.91. The predicted molar refractivity (Wildman–Crippen MR) is 44.9 cm³/mol. The summed E-state index contributed by atoms with van der Waals surface area (Å²) in [6.45, 7) is 0. The first kappa shape index (κ1) is 8.88. The minimum atomic E-state index is -0.641. The number of hydrogen-bond acceptors (Lipinski definition) is 3. The van der Waals surface area contributed by atoms with Gasteiger partial charge in [0, 0.05) is 4.90 Å². The Hall–Kier alpha value is -1.21. The van der Waals surface area contributed by atoms with Gasteiger partial charge in [0.2, 0.25) is 0 Å². The fourth-order valence-electron chi connectivity index (χ4n) is 0.813. The van der Waals surface area contributed by atoms with Crippen LogP contribution in [0, 0.1) is 17.1 Å². The van der Waals surface area contributed by atoms with Crippen LogP contribution in [-0.2, 0) is 0 Å². The van der Waals surface area contributed by atoms with Gasteiger partial charge in [-0.1, -0.05) is 0 Å². The first-order valence-corrected chi connectivity index (χ1v) is 3.60. The molecule has 0 aliphatic carbocycles. The molecule has 1 aromatic rings. The van der Waals surface area contributed by atoms with E-state index in [2.05, 4.69) is 12.6 Å². The van der Waals surface area contributed by atoms with Crippen molar-refractivity contribution in [2.24, 2.45) is 0 Å². The van der Waals surface area contributed by atoms with Crippen LogP contribution in [0.1, 0.15) is 5.56 Å². The summed E-state index contributed by atoms with van der Waals surface area (Å²) < 4.78 is 17.8. The second kappa shape index (κ2) is 3.46. The summed E-state index contributed by atoms with van der Waals surface area (Å²) in [5.74, 6) is -0.600. The van der Waals surface area contributed by atoms with Gasteiger partial charge in [-0.15, -0.1) is 12.6 Å². The molecule has 12 heavy (non-hydrogen) atoms. The second-order valence-electron chi connectivity index (χ2n) is 2.12. The molecule has 2 nitrogen and oxygen atoms in total. The zero-order valence-corrected chi connectivity index (χ0v) is 7.23. The molecule has 1 aromatic carbocycles. The Balaban J connectivity index is 3.34. The highest BCUT2D eigenvalue weighted by Gasteiger charge is 2.08. The second-order valence-corrected chi connectivity index (χ2v) is 2.64. The highest BCUT2D eigenvalue weighted by Crippen LogP contribution is 2.23. The Labute approximate surface area is 75.0 Å². The van der Waals surface area contributed by atoms with Crippen LogP contribution in [0.5, 0.6) is 5.75 Å². The van der Waals surface area contributed by atoms with Crippen LogP contribution >= 0.6 is 12.6 Å². The van der Waals surface area contributed by atoms with E-state index in [9.17, 15) is 4.39 Å². The molecule has 1 rings (SSSR count). The molecule has 0 aromatic heterocycles. The van der Waals surface area contributed by atoms with E-state index in [1.54, 1.807) is 6.07 Å². The third-order valence-electron chi connectivity index (χ3n) is 1.36. The van der Waals surface area contributed by atoms with Crippen molar-refractivity contribution in [3.05, 3.63) is 23.5 Å². The Kier molecular flexibility index (Phi) is 2.56. The van der Waals surface area contributed by atoms with E-state index in [0.717, 1.165) is 0 Å². The van der Waals surface area contributed by atoms with Crippen LogP contribution in [0.15, 0.2) is 17.0 Å². The van der Waals surface area contributed by atoms with Gasteiger partial charge in [0.1, 0.15) is 6.07 Å². The minimum absolute atomic E-state index is 0.0408. The number of ether oxygens (including phenoxy) is 1.